The van der Waals surface area contributed by atoms with Gasteiger partial charge in [-0.1, -0.05) is 41.9 Å². The van der Waals surface area contributed by atoms with Crippen LogP contribution in [-0.2, 0) is 21.4 Å². The van der Waals surface area contributed by atoms with E-state index in [2.05, 4.69) is 0 Å². The van der Waals surface area contributed by atoms with Gasteiger partial charge in [0.15, 0.2) is 0 Å². The van der Waals surface area contributed by atoms with Crippen LogP contribution in [0.3, 0.4) is 0 Å². The van der Waals surface area contributed by atoms with E-state index in [1.807, 2.05) is 19.1 Å². The normalized spacial score (nSPS) is 11.1. The van der Waals surface area contributed by atoms with Crippen molar-refractivity contribution < 1.29 is 17.9 Å². The second-order valence-electron chi connectivity index (χ2n) is 7.13. The van der Waals surface area contributed by atoms with E-state index in [1.54, 1.807) is 61.6 Å². The minimum atomic E-state index is -3.96. The third kappa shape index (κ3) is 5.81. The molecule has 0 saturated carbocycles. The molecule has 3 rings (SSSR count). The molecule has 0 aliphatic heterocycles. The molecule has 0 spiro atoms. The third-order valence-corrected chi connectivity index (χ3v) is 6.84. The van der Waals surface area contributed by atoms with Gasteiger partial charge in [-0.2, -0.15) is 0 Å². The van der Waals surface area contributed by atoms with E-state index in [0.717, 1.165) is 9.87 Å². The van der Waals surface area contributed by atoms with Gasteiger partial charge >= 0.3 is 0 Å². The SMILES string of the molecule is CCOc1ccc(N(CC(=O)N(C)Cc2ccc(Cl)cc2)S(=O)(=O)c2ccccc2)cc1. The lowest BCUT2D eigenvalue weighted by molar-refractivity contribution is -0.128. The second kappa shape index (κ2) is 10.5. The highest BCUT2D eigenvalue weighted by Crippen LogP contribution is 2.26. The van der Waals surface area contributed by atoms with Gasteiger partial charge in [0.05, 0.1) is 17.2 Å². The highest BCUT2D eigenvalue weighted by molar-refractivity contribution is 7.92. The molecule has 0 radical (unpaired) electrons. The van der Waals surface area contributed by atoms with Crippen molar-refractivity contribution in [3.05, 3.63) is 89.4 Å². The van der Waals surface area contributed by atoms with Crippen molar-refractivity contribution in [1.82, 2.24) is 4.90 Å². The van der Waals surface area contributed by atoms with E-state index in [1.165, 1.54) is 17.0 Å². The number of hydrogen-bond donors (Lipinski definition) is 0. The Kier molecular flexibility index (Phi) is 7.77. The molecule has 0 atom stereocenters. The van der Waals surface area contributed by atoms with Crippen LogP contribution < -0.4 is 9.04 Å². The summed E-state index contributed by atoms with van der Waals surface area (Å²) in [5.74, 6) is 0.285. The Morgan fingerprint density at radius 3 is 2.16 bits per heavy atom. The Hall–Kier alpha value is -3.03. The van der Waals surface area contributed by atoms with Crippen molar-refractivity contribution in [2.75, 3.05) is 24.5 Å². The maximum atomic E-state index is 13.4. The number of nitrogens with zero attached hydrogens (tertiary/aromatic N) is 2. The summed E-state index contributed by atoms with van der Waals surface area (Å²) in [6.07, 6.45) is 0. The zero-order valence-corrected chi connectivity index (χ0v) is 19.5. The van der Waals surface area contributed by atoms with Crippen LogP contribution in [0.2, 0.25) is 5.02 Å². The fourth-order valence-corrected chi connectivity index (χ4v) is 4.67. The first-order chi connectivity index (χ1) is 15.3. The Morgan fingerprint density at radius 1 is 0.938 bits per heavy atom. The van der Waals surface area contributed by atoms with Gasteiger partial charge in [0.2, 0.25) is 5.91 Å². The number of halogens is 1. The minimum absolute atomic E-state index is 0.113. The Bertz CT molecular complexity index is 1130. The standard InChI is InChI=1S/C24H25ClN2O4S/c1-3-31-22-15-13-21(14-16-22)27(32(29,30)23-7-5-4-6-8-23)18-24(28)26(2)17-19-9-11-20(25)12-10-19/h4-16H,3,17-18H2,1-2H3. The lowest BCUT2D eigenvalue weighted by atomic mass is 10.2. The number of anilines is 1. The molecule has 0 heterocycles. The summed E-state index contributed by atoms with van der Waals surface area (Å²) in [6.45, 7) is 2.36. The van der Waals surface area contributed by atoms with E-state index in [-0.39, 0.29) is 17.3 Å². The predicted octanol–water partition coefficient (Wildman–Crippen LogP) is 4.59. The second-order valence-corrected chi connectivity index (χ2v) is 9.43. The smallest absolute Gasteiger partial charge is 0.264 e. The molecule has 0 unspecified atom stereocenters. The third-order valence-electron chi connectivity index (χ3n) is 4.80. The van der Waals surface area contributed by atoms with Gasteiger partial charge in [-0.3, -0.25) is 9.10 Å². The predicted molar refractivity (Wildman–Crippen MR) is 127 cm³/mol. The molecule has 3 aromatic rings. The largest absolute Gasteiger partial charge is 0.494 e. The molecule has 0 aliphatic rings. The van der Waals surface area contributed by atoms with Crippen LogP contribution in [0.15, 0.2) is 83.8 Å². The molecule has 3 aromatic carbocycles. The van der Waals surface area contributed by atoms with Gasteiger partial charge in [-0.05, 0) is 61.0 Å². The van der Waals surface area contributed by atoms with E-state index >= 15 is 0 Å². The summed E-state index contributed by atoms with van der Waals surface area (Å²) in [5, 5.41) is 0.610. The number of rotatable bonds is 9. The number of carbonyl (C=O) groups excluding carboxylic acids is 1. The van der Waals surface area contributed by atoms with Gasteiger partial charge in [0, 0.05) is 18.6 Å². The summed E-state index contributed by atoms with van der Waals surface area (Å²) in [7, 11) is -2.32. The molecule has 0 N–H and O–H groups in total. The Labute approximate surface area is 194 Å². The van der Waals surface area contributed by atoms with Crippen LogP contribution in [-0.4, -0.2) is 39.4 Å². The zero-order valence-electron chi connectivity index (χ0n) is 17.9. The molecule has 1 amide bonds. The van der Waals surface area contributed by atoms with E-state index in [4.69, 9.17) is 16.3 Å². The van der Waals surface area contributed by atoms with Crippen molar-refractivity contribution >= 4 is 33.2 Å². The van der Waals surface area contributed by atoms with Crippen LogP contribution in [0.25, 0.3) is 0 Å². The monoisotopic (exact) mass is 472 g/mol. The first kappa shape index (κ1) is 23.6. The molecular weight excluding hydrogens is 448 g/mol. The molecule has 168 valence electrons. The summed E-state index contributed by atoms with van der Waals surface area (Å²) in [6, 6.07) is 21.9. The van der Waals surface area contributed by atoms with E-state index in [0.29, 0.717) is 29.6 Å². The number of likely N-dealkylation sites (N-methyl/N-ethyl adjacent to an activating group) is 1. The van der Waals surface area contributed by atoms with Crippen LogP contribution in [0.5, 0.6) is 5.75 Å². The average Bonchev–Trinajstić information content (AvgIpc) is 2.80. The molecule has 8 heteroatoms. The minimum Gasteiger partial charge on any atom is -0.494 e. The number of amides is 1. The molecule has 0 aromatic heterocycles. The van der Waals surface area contributed by atoms with Gasteiger partial charge in [-0.25, -0.2) is 8.42 Å². The topological polar surface area (TPSA) is 66.9 Å². The highest BCUT2D eigenvalue weighted by atomic mass is 35.5. The molecule has 0 fully saturated rings. The Morgan fingerprint density at radius 2 is 1.56 bits per heavy atom. The van der Waals surface area contributed by atoms with E-state index in [9.17, 15) is 13.2 Å². The summed E-state index contributed by atoms with van der Waals surface area (Å²) >= 11 is 5.92. The summed E-state index contributed by atoms with van der Waals surface area (Å²) < 4.78 is 33.4. The fourth-order valence-electron chi connectivity index (χ4n) is 3.11. The highest BCUT2D eigenvalue weighted by Gasteiger charge is 2.28. The van der Waals surface area contributed by atoms with Gasteiger partial charge in [0.1, 0.15) is 12.3 Å². The van der Waals surface area contributed by atoms with Gasteiger partial charge < -0.3 is 9.64 Å². The number of hydrogen-bond acceptors (Lipinski definition) is 4. The molecule has 32 heavy (non-hydrogen) atoms. The van der Waals surface area contributed by atoms with Crippen LogP contribution in [0.1, 0.15) is 12.5 Å². The van der Waals surface area contributed by atoms with Crippen molar-refractivity contribution in [2.45, 2.75) is 18.4 Å². The maximum Gasteiger partial charge on any atom is 0.264 e. The Balaban J connectivity index is 1.88. The van der Waals surface area contributed by atoms with Crippen LogP contribution in [0, 0.1) is 0 Å². The molecular formula is C24H25ClN2O4S. The van der Waals surface area contributed by atoms with Gasteiger partial charge in [0.25, 0.3) is 10.0 Å². The fraction of sp³-hybridized carbons (Fsp3) is 0.208. The van der Waals surface area contributed by atoms with Crippen LogP contribution in [0.4, 0.5) is 5.69 Å². The molecule has 0 saturated heterocycles. The molecule has 0 aliphatic carbocycles. The lowest BCUT2D eigenvalue weighted by Crippen LogP contribution is -2.41. The maximum absolute atomic E-state index is 13.4. The molecule has 6 nitrogen and oxygen atoms in total. The lowest BCUT2D eigenvalue weighted by Gasteiger charge is -2.27. The van der Waals surface area contributed by atoms with Crippen molar-refractivity contribution in [3.63, 3.8) is 0 Å². The number of benzene rings is 3. The van der Waals surface area contributed by atoms with Crippen molar-refractivity contribution in [3.8, 4) is 5.75 Å². The first-order valence-corrected chi connectivity index (χ1v) is 11.9. The number of sulfonamides is 1. The van der Waals surface area contributed by atoms with Crippen molar-refractivity contribution in [1.29, 1.82) is 0 Å². The quantitative estimate of drug-likeness (QED) is 0.456. The van der Waals surface area contributed by atoms with E-state index < -0.39 is 10.0 Å². The van der Waals surface area contributed by atoms with Crippen molar-refractivity contribution in [2.24, 2.45) is 0 Å². The molecule has 0 bridgehead atoms. The average molecular weight is 473 g/mol. The summed E-state index contributed by atoms with van der Waals surface area (Å²) in [4.78, 5) is 14.6. The van der Waals surface area contributed by atoms with Crippen LogP contribution >= 0.6 is 11.6 Å². The van der Waals surface area contributed by atoms with Gasteiger partial charge in [-0.15, -0.1) is 0 Å². The summed E-state index contributed by atoms with van der Waals surface area (Å²) in [5.41, 5.74) is 1.27. The number of ether oxygens (including phenoxy) is 1. The zero-order chi connectivity index (χ0) is 23.1. The number of carbonyl (C=O) groups is 1. The first-order valence-electron chi connectivity index (χ1n) is 10.1.